The average Bonchev–Trinajstić information content (AvgIpc) is 3.68. The first kappa shape index (κ1) is 27.1. The van der Waals surface area contributed by atoms with E-state index in [0.717, 1.165) is 49.8 Å². The number of nitrogens with zero attached hydrogens (tertiary/aromatic N) is 2. The minimum atomic E-state index is 0.615. The molecule has 9 aromatic rings. The largest absolute Gasteiger partial charge is 0.455 e. The summed E-state index contributed by atoms with van der Waals surface area (Å²) in [5.41, 5.74) is 12.2. The molecule has 0 spiro atoms. The molecule has 0 saturated carbocycles. The van der Waals surface area contributed by atoms with Crippen LogP contribution in [0.4, 0.5) is 0 Å². The van der Waals surface area contributed by atoms with Gasteiger partial charge >= 0.3 is 0 Å². The number of aromatic nitrogens is 1. The Morgan fingerprint density at radius 3 is 2.02 bits per heavy atom. The van der Waals surface area contributed by atoms with E-state index in [9.17, 15) is 0 Å². The van der Waals surface area contributed by atoms with Crippen LogP contribution in [0.3, 0.4) is 0 Å². The predicted molar refractivity (Wildman–Crippen MR) is 197 cm³/mol. The van der Waals surface area contributed by atoms with Crippen molar-refractivity contribution in [2.45, 2.75) is 6.54 Å². The summed E-state index contributed by atoms with van der Waals surface area (Å²) in [4.78, 5) is 4.75. The molecule has 0 unspecified atom stereocenters. The van der Waals surface area contributed by atoms with E-state index in [1.54, 1.807) is 0 Å². The fourth-order valence-electron chi connectivity index (χ4n) is 6.84. The molecule has 0 radical (unpaired) electrons. The van der Waals surface area contributed by atoms with E-state index in [1.165, 1.54) is 33.0 Å². The van der Waals surface area contributed by atoms with Gasteiger partial charge < -0.3 is 8.98 Å². The van der Waals surface area contributed by atoms with Crippen molar-refractivity contribution in [3.8, 4) is 27.9 Å². The van der Waals surface area contributed by atoms with Crippen molar-refractivity contribution in [2.75, 3.05) is 0 Å². The Kier molecular flexibility index (Phi) is 6.53. The van der Waals surface area contributed by atoms with Gasteiger partial charge in [-0.1, -0.05) is 121 Å². The predicted octanol–water partition coefficient (Wildman–Crippen LogP) is 11.6. The number of aliphatic imine (C=N–C) groups is 1. The van der Waals surface area contributed by atoms with E-state index in [-0.39, 0.29) is 0 Å². The van der Waals surface area contributed by atoms with Crippen LogP contribution < -0.4 is 0 Å². The van der Waals surface area contributed by atoms with Crippen molar-refractivity contribution >= 4 is 50.0 Å². The molecule has 0 atom stereocenters. The lowest BCUT2D eigenvalue weighted by molar-refractivity contribution is 0.670. The lowest BCUT2D eigenvalue weighted by Gasteiger charge is -2.10. The minimum absolute atomic E-state index is 0.615. The normalized spacial score (nSPS) is 11.8. The fourth-order valence-corrected chi connectivity index (χ4v) is 6.84. The van der Waals surface area contributed by atoms with Gasteiger partial charge in [0.25, 0.3) is 0 Å². The Labute approximate surface area is 272 Å². The van der Waals surface area contributed by atoms with Gasteiger partial charge in [0, 0.05) is 39.0 Å². The minimum Gasteiger partial charge on any atom is -0.455 e. The first-order valence-electron chi connectivity index (χ1n) is 16.0. The van der Waals surface area contributed by atoms with Crippen LogP contribution in [0.15, 0.2) is 173 Å². The molecule has 0 bridgehead atoms. The molecule has 0 aliphatic rings. The summed E-state index contributed by atoms with van der Waals surface area (Å²) >= 11 is 0. The standard InChI is InChI=1S/C44H30N2O/c1-3-11-30(12-4-1)28-45-29-31-13-9-16-35(25-31)46-41-23-21-33(32-14-5-2-6-15-32)26-39(41)40-27-34(22-24-42(40)46)36-18-10-19-38-37-17-7-8-20-43(37)47-44(36)38/h1-28H,29H2/b45-28+. The third-order valence-corrected chi connectivity index (χ3v) is 9.07. The fraction of sp³-hybridized carbons (Fsp3) is 0.0227. The number of para-hydroxylation sites is 2. The van der Waals surface area contributed by atoms with E-state index >= 15 is 0 Å². The first-order valence-corrected chi connectivity index (χ1v) is 16.0. The number of hydrogen-bond acceptors (Lipinski definition) is 2. The molecular weight excluding hydrogens is 572 g/mol. The van der Waals surface area contributed by atoms with Gasteiger partial charge in [-0.05, 0) is 70.3 Å². The van der Waals surface area contributed by atoms with Gasteiger partial charge in [-0.15, -0.1) is 0 Å². The first-order chi connectivity index (χ1) is 23.3. The van der Waals surface area contributed by atoms with Gasteiger partial charge in [-0.2, -0.15) is 0 Å². The average molecular weight is 603 g/mol. The molecule has 222 valence electrons. The van der Waals surface area contributed by atoms with Gasteiger partial charge in [0.2, 0.25) is 0 Å². The number of rotatable bonds is 6. The smallest absolute Gasteiger partial charge is 0.143 e. The van der Waals surface area contributed by atoms with Gasteiger partial charge in [0.1, 0.15) is 11.2 Å². The van der Waals surface area contributed by atoms with Crippen LogP contribution in [0.25, 0.3) is 71.7 Å². The van der Waals surface area contributed by atoms with Gasteiger partial charge in [0.05, 0.1) is 17.6 Å². The molecule has 0 aliphatic carbocycles. The third kappa shape index (κ3) is 4.81. The van der Waals surface area contributed by atoms with Crippen LogP contribution in [0.2, 0.25) is 0 Å². The van der Waals surface area contributed by atoms with Crippen molar-refractivity contribution < 1.29 is 4.42 Å². The highest BCUT2D eigenvalue weighted by Crippen LogP contribution is 2.40. The van der Waals surface area contributed by atoms with E-state index in [4.69, 9.17) is 9.41 Å². The van der Waals surface area contributed by atoms with E-state index in [1.807, 2.05) is 36.5 Å². The van der Waals surface area contributed by atoms with Crippen LogP contribution in [0, 0.1) is 0 Å². The maximum atomic E-state index is 6.45. The second kappa shape index (κ2) is 11.3. The molecule has 2 aromatic heterocycles. The Balaban J connectivity index is 1.22. The van der Waals surface area contributed by atoms with Crippen molar-refractivity contribution in [1.29, 1.82) is 0 Å². The molecule has 0 aliphatic heterocycles. The highest BCUT2D eigenvalue weighted by atomic mass is 16.3. The van der Waals surface area contributed by atoms with Crippen LogP contribution in [0.1, 0.15) is 11.1 Å². The van der Waals surface area contributed by atoms with Crippen molar-refractivity contribution in [2.24, 2.45) is 4.99 Å². The zero-order valence-corrected chi connectivity index (χ0v) is 25.7. The Hall–Kier alpha value is -6.19. The van der Waals surface area contributed by atoms with E-state index in [0.29, 0.717) is 6.54 Å². The molecular formula is C44H30N2O. The number of hydrogen-bond donors (Lipinski definition) is 0. The molecule has 0 saturated heterocycles. The zero-order valence-electron chi connectivity index (χ0n) is 25.7. The molecule has 0 amide bonds. The summed E-state index contributed by atoms with van der Waals surface area (Å²) < 4.78 is 8.83. The summed E-state index contributed by atoms with van der Waals surface area (Å²) in [6.45, 7) is 0.615. The summed E-state index contributed by atoms with van der Waals surface area (Å²) in [6.07, 6.45) is 1.95. The lowest BCUT2D eigenvalue weighted by atomic mass is 9.99. The molecule has 9 rings (SSSR count). The Morgan fingerprint density at radius 2 is 1.19 bits per heavy atom. The van der Waals surface area contributed by atoms with Gasteiger partial charge in [-0.3, -0.25) is 4.99 Å². The second-order valence-corrected chi connectivity index (χ2v) is 12.0. The molecule has 47 heavy (non-hydrogen) atoms. The maximum Gasteiger partial charge on any atom is 0.143 e. The monoisotopic (exact) mass is 602 g/mol. The van der Waals surface area contributed by atoms with Crippen LogP contribution in [0.5, 0.6) is 0 Å². The molecule has 0 N–H and O–H groups in total. The summed E-state index contributed by atoms with van der Waals surface area (Å²) in [5.74, 6) is 0. The van der Waals surface area contributed by atoms with Crippen molar-refractivity contribution in [3.05, 3.63) is 175 Å². The lowest BCUT2D eigenvalue weighted by Crippen LogP contribution is -1.95. The Morgan fingerprint density at radius 1 is 0.511 bits per heavy atom. The number of furan rings is 1. The van der Waals surface area contributed by atoms with Gasteiger partial charge in [0.15, 0.2) is 0 Å². The van der Waals surface area contributed by atoms with E-state index in [2.05, 4.69) is 138 Å². The van der Waals surface area contributed by atoms with Crippen LogP contribution >= 0.6 is 0 Å². The van der Waals surface area contributed by atoms with E-state index < -0.39 is 0 Å². The van der Waals surface area contributed by atoms with Crippen molar-refractivity contribution in [3.63, 3.8) is 0 Å². The summed E-state index contributed by atoms with van der Waals surface area (Å²) in [6, 6.07) is 58.0. The molecule has 2 heterocycles. The number of benzene rings is 7. The third-order valence-electron chi connectivity index (χ3n) is 9.07. The summed E-state index contributed by atoms with van der Waals surface area (Å²) in [7, 11) is 0. The zero-order chi connectivity index (χ0) is 31.2. The molecule has 7 aromatic carbocycles. The Bertz CT molecular complexity index is 2590. The highest BCUT2D eigenvalue weighted by molar-refractivity contribution is 6.14. The maximum absolute atomic E-state index is 6.45. The molecule has 3 heteroatoms. The molecule has 3 nitrogen and oxygen atoms in total. The highest BCUT2D eigenvalue weighted by Gasteiger charge is 2.17. The SMILES string of the molecule is C(=N\Cc1cccc(-n2c3ccc(-c4ccccc4)cc3c3cc(-c4cccc5c4oc4ccccc45)ccc32)c1)/c1ccccc1. The van der Waals surface area contributed by atoms with Crippen molar-refractivity contribution in [1.82, 2.24) is 4.57 Å². The summed E-state index contributed by atoms with van der Waals surface area (Å²) in [5, 5.41) is 4.70. The molecule has 0 fully saturated rings. The topological polar surface area (TPSA) is 30.4 Å². The van der Waals surface area contributed by atoms with Gasteiger partial charge in [-0.25, -0.2) is 0 Å². The van der Waals surface area contributed by atoms with Crippen LogP contribution in [-0.4, -0.2) is 10.8 Å². The quantitative estimate of drug-likeness (QED) is 0.174. The number of fused-ring (bicyclic) bond motifs is 6. The second-order valence-electron chi connectivity index (χ2n) is 12.0. The van der Waals surface area contributed by atoms with Crippen LogP contribution in [-0.2, 0) is 6.54 Å².